The summed E-state index contributed by atoms with van der Waals surface area (Å²) in [6.07, 6.45) is 3.41. The van der Waals surface area contributed by atoms with Crippen LogP contribution in [0.25, 0.3) is 0 Å². The molecule has 0 amide bonds. The maximum absolute atomic E-state index is 5.88. The molecule has 4 heteroatoms. The summed E-state index contributed by atoms with van der Waals surface area (Å²) in [6, 6.07) is 12.1. The molecule has 0 bridgehead atoms. The van der Waals surface area contributed by atoms with Gasteiger partial charge in [-0.15, -0.1) is 0 Å². The number of nitrogens with zero attached hydrogens (tertiary/aromatic N) is 1. The van der Waals surface area contributed by atoms with Crippen molar-refractivity contribution in [2.24, 2.45) is 5.73 Å². The highest BCUT2D eigenvalue weighted by Gasteiger charge is 2.07. The van der Waals surface area contributed by atoms with Gasteiger partial charge in [0.1, 0.15) is 5.75 Å². The number of rotatable bonds is 6. The zero-order chi connectivity index (χ0) is 14.4. The third-order valence-corrected chi connectivity index (χ3v) is 3.40. The zero-order valence-corrected chi connectivity index (χ0v) is 13.1. The number of halogens is 1. The fourth-order valence-electron chi connectivity index (χ4n) is 2.01. The van der Waals surface area contributed by atoms with E-state index in [-0.39, 0.29) is 6.04 Å². The molecule has 1 unspecified atom stereocenters. The molecular weight excluding hydrogens is 316 g/mol. The van der Waals surface area contributed by atoms with E-state index in [0.717, 1.165) is 34.3 Å². The van der Waals surface area contributed by atoms with Crippen LogP contribution in [0.5, 0.6) is 5.75 Å². The van der Waals surface area contributed by atoms with E-state index in [0.29, 0.717) is 6.61 Å². The second-order valence-electron chi connectivity index (χ2n) is 4.85. The normalized spacial score (nSPS) is 12.2. The Morgan fingerprint density at radius 3 is 2.85 bits per heavy atom. The molecular formula is C16H19BrN2O. The fourth-order valence-corrected chi connectivity index (χ4v) is 2.42. The van der Waals surface area contributed by atoms with Gasteiger partial charge < -0.3 is 10.5 Å². The average Bonchev–Trinajstić information content (AvgIpc) is 2.42. The van der Waals surface area contributed by atoms with Crippen molar-refractivity contribution < 1.29 is 4.74 Å². The first-order valence-electron chi connectivity index (χ1n) is 6.72. The largest absolute Gasteiger partial charge is 0.493 e. The SMILES string of the molecule is CC(N)Cc1cc(Br)ccc1OCCc1ccccn1. The van der Waals surface area contributed by atoms with E-state index in [2.05, 4.69) is 27.0 Å². The lowest BCUT2D eigenvalue weighted by atomic mass is 10.1. The summed E-state index contributed by atoms with van der Waals surface area (Å²) in [5, 5.41) is 0. The Bertz CT molecular complexity index is 543. The van der Waals surface area contributed by atoms with Crippen LogP contribution in [-0.4, -0.2) is 17.6 Å². The van der Waals surface area contributed by atoms with Crippen LogP contribution < -0.4 is 10.5 Å². The monoisotopic (exact) mass is 334 g/mol. The summed E-state index contributed by atoms with van der Waals surface area (Å²) in [7, 11) is 0. The van der Waals surface area contributed by atoms with E-state index >= 15 is 0 Å². The number of nitrogens with two attached hydrogens (primary N) is 1. The van der Waals surface area contributed by atoms with Crippen molar-refractivity contribution in [3.05, 3.63) is 58.3 Å². The molecule has 2 rings (SSSR count). The summed E-state index contributed by atoms with van der Waals surface area (Å²) in [6.45, 7) is 2.61. The minimum Gasteiger partial charge on any atom is -0.493 e. The van der Waals surface area contributed by atoms with E-state index in [1.807, 2.05) is 37.3 Å². The molecule has 0 saturated heterocycles. The third kappa shape index (κ3) is 4.62. The van der Waals surface area contributed by atoms with Gasteiger partial charge in [0.15, 0.2) is 0 Å². The van der Waals surface area contributed by atoms with Gasteiger partial charge in [0.05, 0.1) is 6.61 Å². The Kier molecular flexibility index (Phi) is 5.56. The van der Waals surface area contributed by atoms with Crippen molar-refractivity contribution >= 4 is 15.9 Å². The van der Waals surface area contributed by atoms with Crippen molar-refractivity contribution in [2.75, 3.05) is 6.61 Å². The van der Waals surface area contributed by atoms with Crippen molar-refractivity contribution in [1.29, 1.82) is 0 Å². The number of ether oxygens (including phenoxy) is 1. The van der Waals surface area contributed by atoms with E-state index < -0.39 is 0 Å². The van der Waals surface area contributed by atoms with Crippen LogP contribution in [0.3, 0.4) is 0 Å². The second kappa shape index (κ2) is 7.41. The lowest BCUT2D eigenvalue weighted by molar-refractivity contribution is 0.316. The van der Waals surface area contributed by atoms with Crippen LogP contribution in [0.1, 0.15) is 18.2 Å². The van der Waals surface area contributed by atoms with Gasteiger partial charge in [-0.05, 0) is 49.2 Å². The maximum atomic E-state index is 5.88. The van der Waals surface area contributed by atoms with Gasteiger partial charge in [-0.25, -0.2) is 0 Å². The van der Waals surface area contributed by atoms with Gasteiger partial charge in [0, 0.05) is 28.8 Å². The number of benzene rings is 1. The highest BCUT2D eigenvalue weighted by Crippen LogP contribution is 2.24. The molecule has 0 radical (unpaired) electrons. The van der Waals surface area contributed by atoms with E-state index in [1.165, 1.54) is 0 Å². The highest BCUT2D eigenvalue weighted by atomic mass is 79.9. The summed E-state index contributed by atoms with van der Waals surface area (Å²) in [5.74, 6) is 0.904. The smallest absolute Gasteiger partial charge is 0.122 e. The van der Waals surface area contributed by atoms with Crippen molar-refractivity contribution in [2.45, 2.75) is 25.8 Å². The van der Waals surface area contributed by atoms with Gasteiger partial charge in [0.25, 0.3) is 0 Å². The highest BCUT2D eigenvalue weighted by molar-refractivity contribution is 9.10. The summed E-state index contributed by atoms with van der Waals surface area (Å²) >= 11 is 3.48. The van der Waals surface area contributed by atoms with Crippen LogP contribution in [0.2, 0.25) is 0 Å². The first-order valence-corrected chi connectivity index (χ1v) is 7.51. The van der Waals surface area contributed by atoms with Crippen LogP contribution in [0.4, 0.5) is 0 Å². The fraction of sp³-hybridized carbons (Fsp3) is 0.312. The lowest BCUT2D eigenvalue weighted by Gasteiger charge is -2.13. The molecule has 0 aliphatic rings. The molecule has 0 saturated carbocycles. The third-order valence-electron chi connectivity index (χ3n) is 2.91. The summed E-state index contributed by atoms with van der Waals surface area (Å²) in [5.41, 5.74) is 8.06. The molecule has 0 aliphatic carbocycles. The van der Waals surface area contributed by atoms with Crippen molar-refractivity contribution in [1.82, 2.24) is 4.98 Å². The van der Waals surface area contributed by atoms with Crippen LogP contribution in [-0.2, 0) is 12.8 Å². The van der Waals surface area contributed by atoms with Crippen molar-refractivity contribution in [3.63, 3.8) is 0 Å². The summed E-state index contributed by atoms with van der Waals surface area (Å²) < 4.78 is 6.93. The Morgan fingerprint density at radius 1 is 1.30 bits per heavy atom. The predicted molar refractivity (Wildman–Crippen MR) is 84.9 cm³/mol. The van der Waals surface area contributed by atoms with Gasteiger partial charge in [0.2, 0.25) is 0 Å². The Hall–Kier alpha value is -1.39. The van der Waals surface area contributed by atoms with Crippen molar-refractivity contribution in [3.8, 4) is 5.75 Å². The average molecular weight is 335 g/mol. The summed E-state index contributed by atoms with van der Waals surface area (Å²) in [4.78, 5) is 4.29. The Labute approximate surface area is 128 Å². The van der Waals surface area contributed by atoms with Crippen LogP contribution in [0.15, 0.2) is 47.1 Å². The molecule has 0 spiro atoms. The lowest BCUT2D eigenvalue weighted by Crippen LogP contribution is -2.18. The van der Waals surface area contributed by atoms with Gasteiger partial charge in [-0.3, -0.25) is 4.98 Å². The molecule has 106 valence electrons. The minimum absolute atomic E-state index is 0.113. The number of hydrogen-bond donors (Lipinski definition) is 1. The molecule has 2 aromatic rings. The molecule has 1 aromatic heterocycles. The molecule has 1 aromatic carbocycles. The number of pyridine rings is 1. The molecule has 0 fully saturated rings. The number of aromatic nitrogens is 1. The molecule has 3 nitrogen and oxygen atoms in total. The molecule has 1 heterocycles. The first kappa shape index (κ1) is 15.0. The zero-order valence-electron chi connectivity index (χ0n) is 11.6. The van der Waals surface area contributed by atoms with Gasteiger partial charge in [-0.2, -0.15) is 0 Å². The van der Waals surface area contributed by atoms with E-state index in [4.69, 9.17) is 10.5 Å². The molecule has 20 heavy (non-hydrogen) atoms. The predicted octanol–water partition coefficient (Wildman–Crippen LogP) is 3.36. The standard InChI is InChI=1S/C16H19BrN2O/c1-12(18)10-13-11-14(17)5-6-16(13)20-9-7-15-4-2-3-8-19-15/h2-6,8,11-12H,7,9-10,18H2,1H3. The van der Waals surface area contributed by atoms with Crippen LogP contribution >= 0.6 is 15.9 Å². The molecule has 0 aliphatic heterocycles. The quantitative estimate of drug-likeness (QED) is 0.881. The van der Waals surface area contributed by atoms with Gasteiger partial charge >= 0.3 is 0 Å². The van der Waals surface area contributed by atoms with E-state index in [9.17, 15) is 0 Å². The molecule has 2 N–H and O–H groups in total. The second-order valence-corrected chi connectivity index (χ2v) is 5.77. The Morgan fingerprint density at radius 2 is 2.15 bits per heavy atom. The molecule has 1 atom stereocenters. The maximum Gasteiger partial charge on any atom is 0.122 e. The Balaban J connectivity index is 1.98. The minimum atomic E-state index is 0.113. The van der Waals surface area contributed by atoms with Gasteiger partial charge in [-0.1, -0.05) is 22.0 Å². The first-order chi connectivity index (χ1) is 9.65. The topological polar surface area (TPSA) is 48.1 Å². The van der Waals surface area contributed by atoms with E-state index in [1.54, 1.807) is 6.20 Å². The van der Waals surface area contributed by atoms with Crippen LogP contribution in [0, 0.1) is 0 Å². The number of hydrogen-bond acceptors (Lipinski definition) is 3.